The van der Waals surface area contributed by atoms with E-state index in [0.717, 1.165) is 29.2 Å². The number of benzene rings is 3. The number of halogens is 3. The van der Waals surface area contributed by atoms with E-state index in [9.17, 15) is 27.6 Å². The summed E-state index contributed by atoms with van der Waals surface area (Å²) >= 11 is 0. The van der Waals surface area contributed by atoms with E-state index in [4.69, 9.17) is 0 Å². The van der Waals surface area contributed by atoms with E-state index in [-0.39, 0.29) is 47.0 Å². The van der Waals surface area contributed by atoms with Crippen LogP contribution >= 0.6 is 0 Å². The summed E-state index contributed by atoms with van der Waals surface area (Å²) in [7, 11) is 0. The first-order valence-electron chi connectivity index (χ1n) is 10.9. The Morgan fingerprint density at radius 2 is 1.56 bits per heavy atom. The van der Waals surface area contributed by atoms with Gasteiger partial charge in [0.15, 0.2) is 5.78 Å². The highest BCUT2D eigenvalue weighted by atomic mass is 19.1. The van der Waals surface area contributed by atoms with Crippen LogP contribution in [-0.4, -0.2) is 53.7 Å². The van der Waals surface area contributed by atoms with Crippen molar-refractivity contribution in [3.05, 3.63) is 100 Å². The summed E-state index contributed by atoms with van der Waals surface area (Å²) in [4.78, 5) is 47.0. The molecule has 0 radical (unpaired) electrons. The predicted molar refractivity (Wildman–Crippen MR) is 125 cm³/mol. The number of aliphatic imine (C=N–C) groups is 2. The quantitative estimate of drug-likeness (QED) is 0.555. The first-order valence-corrected chi connectivity index (χ1v) is 10.9. The second-order valence-corrected chi connectivity index (χ2v) is 8.12. The minimum absolute atomic E-state index is 0.0909. The lowest BCUT2D eigenvalue weighted by Crippen LogP contribution is -2.40. The Kier molecular flexibility index (Phi) is 5.93. The fourth-order valence-electron chi connectivity index (χ4n) is 4.06. The average Bonchev–Trinajstić information content (AvgIpc) is 2.99. The fraction of sp³-hybridized carbons (Fsp3) is 0.115. The number of rotatable bonds is 5. The Morgan fingerprint density at radius 1 is 0.889 bits per heavy atom. The number of Topliss-reactive ketones (excluding diaryl/α,β-unsaturated/α-hetero) is 1. The third-order valence-electron chi connectivity index (χ3n) is 5.76. The van der Waals surface area contributed by atoms with Crippen LogP contribution in [0, 0.1) is 17.5 Å². The SMILES string of the molecule is O=C(CNC1=Nc2ccc(F)cc2C(c2c(F)cccc2F)=NC1)CN1C(=O)c2ccccc2C1=O. The number of ketones is 1. The minimum atomic E-state index is -0.864. The molecule has 0 saturated carbocycles. The van der Waals surface area contributed by atoms with E-state index in [1.807, 2.05) is 0 Å². The van der Waals surface area contributed by atoms with Gasteiger partial charge in [0, 0.05) is 5.56 Å². The second kappa shape index (κ2) is 9.21. The number of hydrogen-bond donors (Lipinski definition) is 1. The molecular weight excluding hydrogens is 473 g/mol. The van der Waals surface area contributed by atoms with Crippen LogP contribution in [-0.2, 0) is 4.79 Å². The molecule has 3 aromatic carbocycles. The molecule has 36 heavy (non-hydrogen) atoms. The average molecular weight is 490 g/mol. The van der Waals surface area contributed by atoms with Crippen LogP contribution in [0.2, 0.25) is 0 Å². The number of nitrogens with one attached hydrogen (secondary N) is 1. The Bertz CT molecular complexity index is 1440. The Labute approximate surface area is 203 Å². The molecule has 7 nitrogen and oxygen atoms in total. The molecule has 0 fully saturated rings. The molecule has 5 rings (SSSR count). The first-order chi connectivity index (χ1) is 17.3. The number of hydrogen-bond acceptors (Lipinski definition) is 6. The Hall–Kier alpha value is -4.60. The molecule has 0 aliphatic carbocycles. The van der Waals surface area contributed by atoms with Crippen molar-refractivity contribution in [3.8, 4) is 0 Å². The lowest BCUT2D eigenvalue weighted by molar-refractivity contribution is -0.118. The van der Waals surface area contributed by atoms with E-state index in [1.165, 1.54) is 24.3 Å². The van der Waals surface area contributed by atoms with Gasteiger partial charge >= 0.3 is 0 Å². The number of carbonyl (C=O) groups excluding carboxylic acids is 3. The van der Waals surface area contributed by atoms with Crippen LogP contribution < -0.4 is 5.32 Å². The van der Waals surface area contributed by atoms with Crippen LogP contribution in [0.25, 0.3) is 0 Å². The summed E-state index contributed by atoms with van der Waals surface area (Å²) in [5, 5.41) is 2.81. The highest BCUT2D eigenvalue weighted by Crippen LogP contribution is 2.28. The van der Waals surface area contributed by atoms with E-state index in [2.05, 4.69) is 15.3 Å². The summed E-state index contributed by atoms with van der Waals surface area (Å²) in [6.07, 6.45) is 0. The molecule has 2 amide bonds. The molecule has 0 aromatic heterocycles. The summed E-state index contributed by atoms with van der Waals surface area (Å²) in [5.41, 5.74) is 0.240. The van der Waals surface area contributed by atoms with Gasteiger partial charge in [0.2, 0.25) is 0 Å². The van der Waals surface area contributed by atoms with Gasteiger partial charge in [0.25, 0.3) is 11.8 Å². The topological polar surface area (TPSA) is 91.2 Å². The maximum Gasteiger partial charge on any atom is 0.261 e. The maximum atomic E-state index is 14.5. The minimum Gasteiger partial charge on any atom is -0.365 e. The summed E-state index contributed by atoms with van der Waals surface area (Å²) in [6, 6.07) is 13.2. The van der Waals surface area contributed by atoms with Crippen molar-refractivity contribution < 1.29 is 27.6 Å². The van der Waals surface area contributed by atoms with Crippen molar-refractivity contribution in [1.82, 2.24) is 10.2 Å². The van der Waals surface area contributed by atoms with E-state index >= 15 is 0 Å². The number of nitrogens with zero attached hydrogens (tertiary/aromatic N) is 3. The molecule has 0 unspecified atom stereocenters. The third kappa shape index (κ3) is 4.17. The predicted octanol–water partition coefficient (Wildman–Crippen LogP) is 3.44. The lowest BCUT2D eigenvalue weighted by Gasteiger charge is -2.13. The maximum absolute atomic E-state index is 14.5. The normalized spacial score (nSPS) is 14.6. The number of imide groups is 1. The highest BCUT2D eigenvalue weighted by molar-refractivity contribution is 6.22. The van der Waals surface area contributed by atoms with Gasteiger partial charge in [0.05, 0.1) is 47.7 Å². The van der Waals surface area contributed by atoms with Crippen molar-refractivity contribution >= 4 is 34.8 Å². The molecule has 1 N–H and O–H groups in total. The lowest BCUT2D eigenvalue weighted by atomic mass is 9.99. The summed E-state index contributed by atoms with van der Waals surface area (Å²) in [6.45, 7) is -0.912. The van der Waals surface area contributed by atoms with Crippen LogP contribution in [0.3, 0.4) is 0 Å². The van der Waals surface area contributed by atoms with E-state index in [0.29, 0.717) is 0 Å². The van der Waals surface area contributed by atoms with Crippen molar-refractivity contribution in [2.75, 3.05) is 19.6 Å². The molecule has 2 aliphatic rings. The van der Waals surface area contributed by atoms with Crippen LogP contribution in [0.4, 0.5) is 18.9 Å². The van der Waals surface area contributed by atoms with Crippen molar-refractivity contribution in [2.45, 2.75) is 0 Å². The largest absolute Gasteiger partial charge is 0.365 e. The second-order valence-electron chi connectivity index (χ2n) is 8.12. The molecule has 3 aromatic rings. The Morgan fingerprint density at radius 3 is 2.22 bits per heavy atom. The monoisotopic (exact) mass is 490 g/mol. The zero-order valence-corrected chi connectivity index (χ0v) is 18.6. The molecule has 0 saturated heterocycles. The van der Waals surface area contributed by atoms with E-state index < -0.39 is 47.2 Å². The Balaban J connectivity index is 1.35. The third-order valence-corrected chi connectivity index (χ3v) is 5.76. The van der Waals surface area contributed by atoms with Gasteiger partial charge in [-0.15, -0.1) is 0 Å². The molecule has 0 spiro atoms. The van der Waals surface area contributed by atoms with Crippen molar-refractivity contribution in [3.63, 3.8) is 0 Å². The van der Waals surface area contributed by atoms with Crippen LogP contribution in [0.5, 0.6) is 0 Å². The number of fused-ring (bicyclic) bond motifs is 2. The molecule has 2 heterocycles. The number of carbonyl (C=O) groups is 3. The molecule has 2 aliphatic heterocycles. The molecule has 10 heteroatoms. The summed E-state index contributed by atoms with van der Waals surface area (Å²) in [5.74, 6) is -3.75. The van der Waals surface area contributed by atoms with Crippen LogP contribution in [0.15, 0.2) is 70.6 Å². The number of amidine groups is 1. The molecule has 0 bridgehead atoms. The van der Waals surface area contributed by atoms with Gasteiger partial charge in [-0.1, -0.05) is 18.2 Å². The zero-order chi connectivity index (χ0) is 25.4. The first kappa shape index (κ1) is 23.2. The molecule has 180 valence electrons. The fourth-order valence-corrected chi connectivity index (χ4v) is 4.06. The van der Waals surface area contributed by atoms with Gasteiger partial charge in [-0.3, -0.25) is 24.3 Å². The highest BCUT2D eigenvalue weighted by Gasteiger charge is 2.36. The van der Waals surface area contributed by atoms with Crippen LogP contribution in [0.1, 0.15) is 31.8 Å². The van der Waals surface area contributed by atoms with Gasteiger partial charge in [-0.25, -0.2) is 18.2 Å². The van der Waals surface area contributed by atoms with Crippen molar-refractivity contribution in [1.29, 1.82) is 0 Å². The van der Waals surface area contributed by atoms with Crippen molar-refractivity contribution in [2.24, 2.45) is 9.98 Å². The van der Waals surface area contributed by atoms with Gasteiger partial charge < -0.3 is 5.32 Å². The van der Waals surface area contributed by atoms with Gasteiger partial charge in [0.1, 0.15) is 23.3 Å². The standard InChI is InChI=1S/C26H17F3N4O3/c27-14-8-9-21-18(10-14)24(23-19(28)6-3-7-20(23)29)31-12-22(32-21)30-11-15(34)13-33-25(35)16-4-1-2-5-17(16)26(33)36/h1-10H,11-13H2,(H,30,32). The zero-order valence-electron chi connectivity index (χ0n) is 18.6. The van der Waals surface area contributed by atoms with Gasteiger partial charge in [-0.05, 0) is 42.5 Å². The smallest absolute Gasteiger partial charge is 0.261 e. The van der Waals surface area contributed by atoms with Gasteiger partial charge in [-0.2, -0.15) is 0 Å². The summed E-state index contributed by atoms with van der Waals surface area (Å²) < 4.78 is 43.0. The molecule has 0 atom stereocenters. The molecular formula is C26H17F3N4O3. The number of amides is 2. The van der Waals surface area contributed by atoms with E-state index in [1.54, 1.807) is 12.1 Å².